The van der Waals surface area contributed by atoms with Crippen molar-refractivity contribution in [1.29, 1.82) is 0 Å². The minimum absolute atomic E-state index is 0.0248. The number of hydrogen-bond donors (Lipinski definition) is 0. The van der Waals surface area contributed by atoms with Gasteiger partial charge in [-0.15, -0.1) is 0 Å². The zero-order valence-corrected chi connectivity index (χ0v) is 20.1. The van der Waals surface area contributed by atoms with Gasteiger partial charge in [-0.25, -0.2) is 0 Å². The summed E-state index contributed by atoms with van der Waals surface area (Å²) in [6.45, 7) is 17.1. The Labute approximate surface area is 176 Å². The van der Waals surface area contributed by atoms with Crippen LogP contribution in [0.5, 0.6) is 0 Å². The summed E-state index contributed by atoms with van der Waals surface area (Å²) in [5.41, 5.74) is 4.30. The van der Waals surface area contributed by atoms with Crippen molar-refractivity contribution in [3.63, 3.8) is 0 Å². The summed E-state index contributed by atoms with van der Waals surface area (Å²) < 4.78 is 13.1. The molecule has 0 fully saturated rings. The Morgan fingerprint density at radius 3 is 2.31 bits per heavy atom. The average Bonchev–Trinajstić information content (AvgIpc) is 2.87. The van der Waals surface area contributed by atoms with Crippen molar-refractivity contribution in [3.8, 4) is 0 Å². The van der Waals surface area contributed by atoms with Gasteiger partial charge in [-0.2, -0.15) is 0 Å². The molecule has 3 rings (SSSR count). The molecule has 1 aromatic carbocycles. The first-order valence-corrected chi connectivity index (χ1v) is 13.4. The van der Waals surface area contributed by atoms with Crippen LogP contribution in [-0.4, -0.2) is 14.1 Å². The molecule has 4 heteroatoms. The minimum Gasteiger partial charge on any atom is -0.546 e. The molecular formula is C25H34O3Si. The predicted molar refractivity (Wildman–Crippen MR) is 122 cm³/mol. The van der Waals surface area contributed by atoms with Crippen molar-refractivity contribution < 1.29 is 14.0 Å². The fourth-order valence-corrected chi connectivity index (χ4v) is 5.08. The zero-order chi connectivity index (χ0) is 21.6. The predicted octanol–water partition coefficient (Wildman–Crippen LogP) is 7.00. The van der Waals surface area contributed by atoms with Gasteiger partial charge in [0.2, 0.25) is 8.32 Å². The molecule has 0 bridgehead atoms. The van der Waals surface area contributed by atoms with Crippen LogP contribution in [0.2, 0.25) is 18.1 Å². The van der Waals surface area contributed by atoms with Crippen LogP contribution in [0.3, 0.4) is 0 Å². The molecule has 0 radical (unpaired) electrons. The van der Waals surface area contributed by atoms with Crippen LogP contribution in [0.4, 0.5) is 0 Å². The van der Waals surface area contributed by atoms with Crippen molar-refractivity contribution in [1.82, 2.24) is 0 Å². The fourth-order valence-electron chi connectivity index (χ4n) is 3.91. The number of ketones is 1. The van der Waals surface area contributed by atoms with E-state index >= 15 is 0 Å². The molecule has 0 amide bonds. The molecule has 3 nitrogen and oxygen atoms in total. The van der Waals surface area contributed by atoms with Crippen LogP contribution >= 0.6 is 0 Å². The summed E-state index contributed by atoms with van der Waals surface area (Å²) in [6.07, 6.45) is 1.47. The van der Waals surface area contributed by atoms with E-state index in [2.05, 4.69) is 65.1 Å². The van der Waals surface area contributed by atoms with Gasteiger partial charge in [-0.05, 0) is 56.5 Å². The summed E-state index contributed by atoms with van der Waals surface area (Å²) in [7, 11) is -1.98. The molecule has 156 valence electrons. The number of ether oxygens (including phenoxy) is 1. The molecule has 0 saturated carbocycles. The highest BCUT2D eigenvalue weighted by Crippen LogP contribution is 2.48. The number of benzene rings is 1. The van der Waals surface area contributed by atoms with Gasteiger partial charge in [-0.1, -0.05) is 51.1 Å². The molecule has 0 spiro atoms. The van der Waals surface area contributed by atoms with E-state index in [0.29, 0.717) is 6.42 Å². The molecule has 1 unspecified atom stereocenters. The third-order valence-electron chi connectivity index (χ3n) is 6.61. The molecule has 1 aliphatic heterocycles. The number of carbonyl (C=O) groups excluding carboxylic acids is 1. The van der Waals surface area contributed by atoms with Crippen LogP contribution in [0.1, 0.15) is 59.9 Å². The maximum Gasteiger partial charge on any atom is 0.250 e. The maximum absolute atomic E-state index is 12.4. The highest BCUT2D eigenvalue weighted by molar-refractivity contribution is 6.74. The van der Waals surface area contributed by atoms with Gasteiger partial charge in [0, 0.05) is 17.6 Å². The Morgan fingerprint density at radius 2 is 1.76 bits per heavy atom. The van der Waals surface area contributed by atoms with E-state index in [0.717, 1.165) is 40.4 Å². The topological polar surface area (TPSA) is 35.5 Å². The van der Waals surface area contributed by atoms with Crippen LogP contribution in [0.25, 0.3) is 5.57 Å². The van der Waals surface area contributed by atoms with E-state index in [4.69, 9.17) is 9.16 Å². The Bertz CT molecular complexity index is 911. The van der Waals surface area contributed by atoms with Gasteiger partial charge in [0.15, 0.2) is 5.78 Å². The smallest absolute Gasteiger partial charge is 0.250 e. The van der Waals surface area contributed by atoms with Gasteiger partial charge in [-0.3, -0.25) is 4.79 Å². The molecule has 0 aromatic heterocycles. The van der Waals surface area contributed by atoms with E-state index in [9.17, 15) is 4.79 Å². The van der Waals surface area contributed by atoms with Gasteiger partial charge in [0.1, 0.15) is 11.5 Å². The second kappa shape index (κ2) is 7.64. The largest absolute Gasteiger partial charge is 0.546 e. The monoisotopic (exact) mass is 410 g/mol. The maximum atomic E-state index is 12.4. The lowest BCUT2D eigenvalue weighted by molar-refractivity contribution is -0.114. The summed E-state index contributed by atoms with van der Waals surface area (Å²) in [4.78, 5) is 12.4. The number of hydrogen-bond acceptors (Lipinski definition) is 3. The molecule has 0 saturated heterocycles. The number of fused-ring (bicyclic) bond motifs is 1. The standard InChI is InChI=1S/C25H34O3Si/c1-16-14-21-23(17(2)26)18(3)27-24(21)20(19-12-10-9-11-13-19)15-22(16)28-29(7,8)25(4,5)6/h9-13,21H,14-15H2,1-8H3. The third-order valence-corrected chi connectivity index (χ3v) is 11.0. The van der Waals surface area contributed by atoms with E-state index in [1.165, 1.54) is 5.57 Å². The van der Waals surface area contributed by atoms with Crippen molar-refractivity contribution in [2.75, 3.05) is 0 Å². The summed E-state index contributed by atoms with van der Waals surface area (Å²) in [5, 5.41) is 0.125. The molecule has 0 N–H and O–H groups in total. The summed E-state index contributed by atoms with van der Waals surface area (Å²) in [6, 6.07) is 10.4. The van der Waals surface area contributed by atoms with Crippen molar-refractivity contribution in [2.24, 2.45) is 5.92 Å². The lowest BCUT2D eigenvalue weighted by Gasteiger charge is -2.38. The first-order valence-electron chi connectivity index (χ1n) is 10.5. The number of allylic oxidation sites excluding steroid dienone is 4. The van der Waals surface area contributed by atoms with Gasteiger partial charge >= 0.3 is 0 Å². The van der Waals surface area contributed by atoms with Crippen LogP contribution in [-0.2, 0) is 14.0 Å². The highest BCUT2D eigenvalue weighted by atomic mass is 28.4. The Hall–Kier alpha value is -2.07. The quantitative estimate of drug-likeness (QED) is 0.501. The first kappa shape index (κ1) is 21.6. The van der Waals surface area contributed by atoms with E-state index in [1.54, 1.807) is 6.92 Å². The van der Waals surface area contributed by atoms with Crippen molar-refractivity contribution in [3.05, 3.63) is 64.3 Å². The molecule has 1 aliphatic carbocycles. The molecule has 1 heterocycles. The van der Waals surface area contributed by atoms with Gasteiger partial charge < -0.3 is 9.16 Å². The normalized spacial score (nSPS) is 20.5. The SMILES string of the molecule is CC(=O)C1=C(C)OC2=C(c3ccccc3)CC(O[Si](C)(C)C(C)(C)C)=C(C)CC21. The van der Waals surface area contributed by atoms with Crippen LogP contribution in [0.15, 0.2) is 58.8 Å². The van der Waals surface area contributed by atoms with Gasteiger partial charge in [0.25, 0.3) is 0 Å². The number of rotatable bonds is 4. The van der Waals surface area contributed by atoms with Crippen molar-refractivity contribution >= 4 is 19.7 Å². The van der Waals surface area contributed by atoms with E-state index < -0.39 is 8.32 Å². The third kappa shape index (κ3) is 4.13. The zero-order valence-electron chi connectivity index (χ0n) is 19.1. The molecular weight excluding hydrogens is 376 g/mol. The molecule has 2 aliphatic rings. The van der Waals surface area contributed by atoms with Crippen LogP contribution in [0, 0.1) is 5.92 Å². The Kier molecular flexibility index (Phi) is 5.70. The number of Topliss-reactive ketones (excluding diaryl/α,β-unsaturated/α-hetero) is 1. The number of carbonyl (C=O) groups is 1. The summed E-state index contributed by atoms with van der Waals surface area (Å²) in [5.74, 6) is 2.79. The lowest BCUT2D eigenvalue weighted by Crippen LogP contribution is -2.40. The first-order chi connectivity index (χ1) is 13.4. The molecule has 1 atom stereocenters. The van der Waals surface area contributed by atoms with E-state index in [1.807, 2.05) is 13.0 Å². The summed E-state index contributed by atoms with van der Waals surface area (Å²) >= 11 is 0. The van der Waals surface area contributed by atoms with Crippen LogP contribution < -0.4 is 0 Å². The minimum atomic E-state index is -1.98. The van der Waals surface area contributed by atoms with E-state index in [-0.39, 0.29) is 16.7 Å². The Balaban J connectivity index is 2.12. The second-order valence-electron chi connectivity index (χ2n) is 9.84. The lowest BCUT2D eigenvalue weighted by atomic mass is 9.88. The van der Waals surface area contributed by atoms with Crippen molar-refractivity contribution in [2.45, 2.75) is 72.5 Å². The van der Waals surface area contributed by atoms with Gasteiger partial charge in [0.05, 0.1) is 11.7 Å². The molecule has 29 heavy (non-hydrogen) atoms. The molecule has 1 aromatic rings. The second-order valence-corrected chi connectivity index (χ2v) is 14.6. The average molecular weight is 411 g/mol. The highest BCUT2D eigenvalue weighted by Gasteiger charge is 2.42. The Morgan fingerprint density at radius 1 is 1.14 bits per heavy atom. The fraction of sp³-hybridized carbons (Fsp3) is 0.480.